The molecule has 0 bridgehead atoms. The second-order valence-electron chi connectivity index (χ2n) is 8.05. The lowest BCUT2D eigenvalue weighted by Gasteiger charge is -2.13. The summed E-state index contributed by atoms with van der Waals surface area (Å²) in [5.74, 6) is 0.914. The van der Waals surface area contributed by atoms with Crippen molar-refractivity contribution >= 4 is 29.2 Å². The molecule has 0 saturated carbocycles. The van der Waals surface area contributed by atoms with Crippen molar-refractivity contribution in [3.8, 4) is 22.6 Å². The summed E-state index contributed by atoms with van der Waals surface area (Å²) in [5.41, 5.74) is 3.66. The maximum atomic E-state index is 14.3. The number of nitrogens with one attached hydrogen (secondary N) is 3. The largest absolute Gasteiger partial charge is 0.497 e. The minimum absolute atomic E-state index is 0.154. The van der Waals surface area contributed by atoms with Gasteiger partial charge in [-0.3, -0.25) is 4.79 Å². The molecule has 0 spiro atoms. The standard InChI is InChI=1S/C29H28FN3O3S/c1-35-24-10-5-7-21(17-24)29(34)32-16-15-31-22-8-6-9-23(19-22)33-37-28-18-20(13-14-27(28)36-2)25-11-3-4-12-26(25)30/h3-14,17-19,31,33H,15-16H2,1-2H3,(H,32,34). The van der Waals surface area contributed by atoms with Crippen molar-refractivity contribution in [2.24, 2.45) is 0 Å². The van der Waals surface area contributed by atoms with Crippen LogP contribution in [0.25, 0.3) is 11.1 Å². The van der Waals surface area contributed by atoms with Gasteiger partial charge >= 0.3 is 0 Å². The molecule has 0 aromatic heterocycles. The van der Waals surface area contributed by atoms with E-state index in [1.165, 1.54) is 18.0 Å². The molecule has 0 unspecified atom stereocenters. The summed E-state index contributed by atoms with van der Waals surface area (Å²) in [6.45, 7) is 1.02. The number of hydrogen-bond donors (Lipinski definition) is 3. The molecular weight excluding hydrogens is 489 g/mol. The van der Waals surface area contributed by atoms with Gasteiger partial charge in [0, 0.05) is 35.6 Å². The molecule has 0 saturated heterocycles. The molecule has 0 aliphatic rings. The Morgan fingerprint density at radius 1 is 0.838 bits per heavy atom. The predicted molar refractivity (Wildman–Crippen MR) is 148 cm³/mol. The summed E-state index contributed by atoms with van der Waals surface area (Å²) in [6, 6.07) is 27.2. The molecule has 3 N–H and O–H groups in total. The van der Waals surface area contributed by atoms with E-state index in [2.05, 4.69) is 15.4 Å². The van der Waals surface area contributed by atoms with Gasteiger partial charge in [-0.05, 0) is 72.1 Å². The zero-order valence-corrected chi connectivity index (χ0v) is 21.4. The first-order valence-corrected chi connectivity index (χ1v) is 12.5. The average molecular weight is 518 g/mol. The van der Waals surface area contributed by atoms with Crippen molar-refractivity contribution in [3.63, 3.8) is 0 Å². The van der Waals surface area contributed by atoms with E-state index in [-0.39, 0.29) is 11.7 Å². The van der Waals surface area contributed by atoms with Crippen LogP contribution in [0.1, 0.15) is 10.4 Å². The Morgan fingerprint density at radius 2 is 1.65 bits per heavy atom. The lowest BCUT2D eigenvalue weighted by molar-refractivity contribution is 0.0955. The Hall–Kier alpha value is -4.17. The number of methoxy groups -OCH3 is 2. The molecule has 37 heavy (non-hydrogen) atoms. The van der Waals surface area contributed by atoms with Crippen LogP contribution in [0.15, 0.2) is 95.9 Å². The van der Waals surface area contributed by atoms with Crippen molar-refractivity contribution in [3.05, 3.63) is 102 Å². The molecule has 0 heterocycles. The van der Waals surface area contributed by atoms with E-state index in [0.717, 1.165) is 21.8 Å². The molecule has 4 rings (SSSR count). The topological polar surface area (TPSA) is 71.6 Å². The highest BCUT2D eigenvalue weighted by Crippen LogP contribution is 2.35. The van der Waals surface area contributed by atoms with Gasteiger partial charge < -0.3 is 24.8 Å². The smallest absolute Gasteiger partial charge is 0.251 e. The zero-order chi connectivity index (χ0) is 26.0. The van der Waals surface area contributed by atoms with Crippen LogP contribution in [0.4, 0.5) is 15.8 Å². The van der Waals surface area contributed by atoms with Crippen LogP contribution in [0.5, 0.6) is 11.5 Å². The van der Waals surface area contributed by atoms with Crippen LogP contribution >= 0.6 is 11.9 Å². The molecule has 0 atom stereocenters. The lowest BCUT2D eigenvalue weighted by Crippen LogP contribution is -2.28. The molecule has 6 nitrogen and oxygen atoms in total. The highest BCUT2D eigenvalue weighted by Gasteiger charge is 2.10. The molecule has 4 aromatic rings. The van der Waals surface area contributed by atoms with Crippen LogP contribution in [0.3, 0.4) is 0 Å². The molecule has 0 aliphatic heterocycles. The molecule has 8 heteroatoms. The number of anilines is 2. The van der Waals surface area contributed by atoms with Gasteiger partial charge in [-0.25, -0.2) is 4.39 Å². The molecule has 0 radical (unpaired) electrons. The fourth-order valence-corrected chi connectivity index (χ4v) is 4.47. The zero-order valence-electron chi connectivity index (χ0n) is 20.6. The van der Waals surface area contributed by atoms with Crippen LogP contribution in [-0.2, 0) is 0 Å². The van der Waals surface area contributed by atoms with Crippen LogP contribution in [0, 0.1) is 5.82 Å². The number of benzene rings is 4. The summed E-state index contributed by atoms with van der Waals surface area (Å²) < 4.78 is 28.3. The van der Waals surface area contributed by atoms with Gasteiger partial charge in [0.2, 0.25) is 0 Å². The van der Waals surface area contributed by atoms with E-state index >= 15 is 0 Å². The summed E-state index contributed by atoms with van der Waals surface area (Å²) in [7, 11) is 3.18. The number of carbonyl (C=O) groups excluding carboxylic acids is 1. The molecular formula is C29H28FN3O3S. The summed E-state index contributed by atoms with van der Waals surface area (Å²) in [6.07, 6.45) is 0. The van der Waals surface area contributed by atoms with Crippen molar-refractivity contribution < 1.29 is 18.7 Å². The minimum atomic E-state index is -0.268. The monoisotopic (exact) mass is 517 g/mol. The number of ether oxygens (including phenoxy) is 2. The van der Waals surface area contributed by atoms with Gasteiger partial charge in [-0.15, -0.1) is 0 Å². The Kier molecular flexibility index (Phi) is 8.89. The third-order valence-electron chi connectivity index (χ3n) is 5.56. The van der Waals surface area contributed by atoms with Gasteiger partial charge in [-0.2, -0.15) is 0 Å². The highest BCUT2D eigenvalue weighted by atomic mass is 32.2. The van der Waals surface area contributed by atoms with Crippen molar-refractivity contribution in [1.82, 2.24) is 5.32 Å². The quantitative estimate of drug-likeness (QED) is 0.156. The maximum Gasteiger partial charge on any atom is 0.251 e. The van der Waals surface area contributed by atoms with Gasteiger partial charge in [-0.1, -0.05) is 36.4 Å². The normalized spacial score (nSPS) is 10.5. The fourth-order valence-electron chi connectivity index (χ4n) is 3.68. The number of amides is 1. The first-order valence-electron chi connectivity index (χ1n) is 11.7. The third-order valence-corrected chi connectivity index (χ3v) is 6.44. The molecule has 4 aromatic carbocycles. The molecule has 1 amide bonds. The Labute approximate surface area is 220 Å². The van der Waals surface area contributed by atoms with Crippen molar-refractivity contribution in [2.75, 3.05) is 37.3 Å². The van der Waals surface area contributed by atoms with E-state index in [1.807, 2.05) is 48.5 Å². The van der Waals surface area contributed by atoms with E-state index in [4.69, 9.17) is 9.47 Å². The van der Waals surface area contributed by atoms with E-state index < -0.39 is 0 Å². The number of hydrogen-bond acceptors (Lipinski definition) is 6. The first-order chi connectivity index (χ1) is 18.1. The molecule has 0 fully saturated rings. The van der Waals surface area contributed by atoms with Crippen LogP contribution in [-0.4, -0.2) is 33.2 Å². The van der Waals surface area contributed by atoms with Gasteiger partial charge in [0.25, 0.3) is 5.91 Å². The van der Waals surface area contributed by atoms with Crippen molar-refractivity contribution in [1.29, 1.82) is 0 Å². The summed E-state index contributed by atoms with van der Waals surface area (Å²) in [4.78, 5) is 13.2. The highest BCUT2D eigenvalue weighted by molar-refractivity contribution is 8.00. The Bertz CT molecular complexity index is 1370. The predicted octanol–water partition coefficient (Wildman–Crippen LogP) is 6.47. The van der Waals surface area contributed by atoms with Crippen LogP contribution in [0.2, 0.25) is 0 Å². The van der Waals surface area contributed by atoms with E-state index in [1.54, 1.807) is 50.6 Å². The fraction of sp³-hybridized carbons (Fsp3) is 0.138. The Balaban J connectivity index is 1.33. The van der Waals surface area contributed by atoms with E-state index in [0.29, 0.717) is 35.7 Å². The van der Waals surface area contributed by atoms with Gasteiger partial charge in [0.05, 0.1) is 19.1 Å². The average Bonchev–Trinajstić information content (AvgIpc) is 2.94. The first kappa shape index (κ1) is 25.9. The number of halogens is 1. The SMILES string of the molecule is COc1cccc(C(=O)NCCNc2cccc(NSc3cc(-c4ccccc4F)ccc3OC)c2)c1. The van der Waals surface area contributed by atoms with Crippen LogP contribution < -0.4 is 24.8 Å². The summed E-state index contributed by atoms with van der Waals surface area (Å²) >= 11 is 1.39. The number of carbonyl (C=O) groups is 1. The Morgan fingerprint density at radius 3 is 2.46 bits per heavy atom. The maximum absolute atomic E-state index is 14.3. The minimum Gasteiger partial charge on any atom is -0.497 e. The van der Waals surface area contributed by atoms with Gasteiger partial charge in [0.1, 0.15) is 17.3 Å². The van der Waals surface area contributed by atoms with Gasteiger partial charge in [0.15, 0.2) is 0 Å². The third kappa shape index (κ3) is 6.95. The summed E-state index contributed by atoms with van der Waals surface area (Å²) in [5, 5.41) is 6.22. The lowest BCUT2D eigenvalue weighted by atomic mass is 10.1. The molecule has 0 aliphatic carbocycles. The van der Waals surface area contributed by atoms with Crippen molar-refractivity contribution in [2.45, 2.75) is 4.90 Å². The number of rotatable bonds is 11. The second-order valence-corrected chi connectivity index (χ2v) is 8.89. The molecule has 190 valence electrons. The van der Waals surface area contributed by atoms with E-state index in [9.17, 15) is 9.18 Å². The second kappa shape index (κ2) is 12.7.